The van der Waals surface area contributed by atoms with Crippen molar-refractivity contribution in [3.63, 3.8) is 0 Å². The molecule has 2 aliphatic rings. The zero-order chi connectivity index (χ0) is 22.8. The van der Waals surface area contributed by atoms with Gasteiger partial charge in [-0.2, -0.15) is 0 Å². The zero-order valence-electron chi connectivity index (χ0n) is 18.9. The van der Waals surface area contributed by atoms with Gasteiger partial charge in [0.1, 0.15) is 5.00 Å². The van der Waals surface area contributed by atoms with Crippen molar-refractivity contribution in [3.05, 3.63) is 86.8 Å². The highest BCUT2D eigenvalue weighted by molar-refractivity contribution is 7.17. The number of anilines is 1. The number of fused-ring (bicyclic) bond motifs is 2. The van der Waals surface area contributed by atoms with E-state index in [9.17, 15) is 9.59 Å². The predicted molar refractivity (Wildman–Crippen MR) is 131 cm³/mol. The normalized spacial score (nSPS) is 15.1. The summed E-state index contributed by atoms with van der Waals surface area (Å²) in [5, 5.41) is 3.59. The Kier molecular flexibility index (Phi) is 6.29. The van der Waals surface area contributed by atoms with E-state index < -0.39 is 0 Å². The lowest BCUT2D eigenvalue weighted by atomic mass is 9.99. The SMILES string of the molecule is CCOC(=O)c1c(NC(=O)c2ccc(CN3CCc4ccccc4C3)cc2)sc2c1CCC2. The Bertz CT molecular complexity index is 1180. The molecule has 1 aliphatic carbocycles. The molecule has 0 saturated carbocycles. The van der Waals surface area contributed by atoms with E-state index in [2.05, 4.69) is 34.5 Å². The minimum atomic E-state index is -0.342. The summed E-state index contributed by atoms with van der Waals surface area (Å²) >= 11 is 1.51. The number of ether oxygens (including phenoxy) is 1. The maximum atomic E-state index is 12.9. The minimum absolute atomic E-state index is 0.195. The van der Waals surface area contributed by atoms with Gasteiger partial charge in [0.25, 0.3) is 5.91 Å². The van der Waals surface area contributed by atoms with Crippen molar-refractivity contribution in [2.45, 2.75) is 45.7 Å². The van der Waals surface area contributed by atoms with Crippen molar-refractivity contribution in [1.29, 1.82) is 0 Å². The van der Waals surface area contributed by atoms with E-state index in [0.717, 1.165) is 50.9 Å². The average molecular weight is 461 g/mol. The van der Waals surface area contributed by atoms with Crippen molar-refractivity contribution in [3.8, 4) is 0 Å². The molecule has 0 atom stereocenters. The summed E-state index contributed by atoms with van der Waals surface area (Å²) in [5.74, 6) is -0.537. The Morgan fingerprint density at radius 2 is 1.82 bits per heavy atom. The first-order valence-electron chi connectivity index (χ1n) is 11.6. The molecule has 2 aromatic carbocycles. The van der Waals surface area contributed by atoms with Crippen LogP contribution in [0.25, 0.3) is 0 Å². The second-order valence-electron chi connectivity index (χ2n) is 8.66. The molecule has 3 aromatic rings. The molecule has 2 heterocycles. The van der Waals surface area contributed by atoms with Gasteiger partial charge in [-0.1, -0.05) is 36.4 Å². The van der Waals surface area contributed by atoms with Crippen molar-refractivity contribution in [2.75, 3.05) is 18.5 Å². The van der Waals surface area contributed by atoms with Crippen LogP contribution in [0.4, 0.5) is 5.00 Å². The van der Waals surface area contributed by atoms with Gasteiger partial charge >= 0.3 is 5.97 Å². The number of aryl methyl sites for hydroxylation is 1. The van der Waals surface area contributed by atoms with Crippen LogP contribution >= 0.6 is 11.3 Å². The van der Waals surface area contributed by atoms with Crippen molar-refractivity contribution in [2.24, 2.45) is 0 Å². The number of nitrogens with zero attached hydrogens (tertiary/aromatic N) is 1. The van der Waals surface area contributed by atoms with E-state index in [-0.39, 0.29) is 11.9 Å². The summed E-state index contributed by atoms with van der Waals surface area (Å²) in [7, 11) is 0. The second kappa shape index (κ2) is 9.49. The number of esters is 1. The molecule has 170 valence electrons. The van der Waals surface area contributed by atoms with Crippen molar-refractivity contribution in [1.82, 2.24) is 4.90 Å². The lowest BCUT2D eigenvalue weighted by Gasteiger charge is -2.28. The summed E-state index contributed by atoms with van der Waals surface area (Å²) in [6.45, 7) is 4.98. The van der Waals surface area contributed by atoms with Gasteiger partial charge in [0, 0.05) is 30.1 Å². The number of hydrogen-bond donors (Lipinski definition) is 1. The van der Waals surface area contributed by atoms with E-state index in [1.807, 2.05) is 24.3 Å². The highest BCUT2D eigenvalue weighted by Crippen LogP contribution is 2.39. The van der Waals surface area contributed by atoms with Crippen LogP contribution < -0.4 is 5.32 Å². The van der Waals surface area contributed by atoms with E-state index in [4.69, 9.17) is 4.74 Å². The van der Waals surface area contributed by atoms with Gasteiger partial charge in [-0.05, 0) is 67.0 Å². The maximum Gasteiger partial charge on any atom is 0.341 e. The molecular formula is C27H28N2O3S. The highest BCUT2D eigenvalue weighted by atomic mass is 32.1. The minimum Gasteiger partial charge on any atom is -0.462 e. The van der Waals surface area contributed by atoms with Crippen LogP contribution in [0, 0.1) is 0 Å². The number of amides is 1. The zero-order valence-corrected chi connectivity index (χ0v) is 19.7. The predicted octanol–water partition coefficient (Wildman–Crippen LogP) is 5.22. The number of hydrogen-bond acceptors (Lipinski definition) is 5. The van der Waals surface area contributed by atoms with Gasteiger partial charge in [0.2, 0.25) is 0 Å². The first-order chi connectivity index (χ1) is 16.1. The largest absolute Gasteiger partial charge is 0.462 e. The summed E-state index contributed by atoms with van der Waals surface area (Å²) in [5.41, 5.74) is 6.22. The first-order valence-corrected chi connectivity index (χ1v) is 12.4. The van der Waals surface area contributed by atoms with Crippen LogP contribution in [-0.2, 0) is 37.1 Å². The Hall–Kier alpha value is -2.96. The second-order valence-corrected chi connectivity index (χ2v) is 9.77. The number of benzene rings is 2. The number of thiophene rings is 1. The first kappa shape index (κ1) is 21.9. The lowest BCUT2D eigenvalue weighted by Crippen LogP contribution is -2.29. The van der Waals surface area contributed by atoms with E-state index >= 15 is 0 Å². The standard InChI is InChI=1S/C27H28N2O3S/c1-2-32-27(31)24-22-8-5-9-23(22)33-26(24)28-25(30)20-12-10-18(11-13-20)16-29-15-14-19-6-3-4-7-21(19)17-29/h3-4,6-7,10-13H,2,5,8-9,14-17H2,1H3,(H,28,30). The van der Waals surface area contributed by atoms with E-state index in [1.165, 1.54) is 32.9 Å². The summed E-state index contributed by atoms with van der Waals surface area (Å²) in [6, 6.07) is 16.4. The third-order valence-corrected chi connectivity index (χ3v) is 7.67. The number of rotatable bonds is 6. The summed E-state index contributed by atoms with van der Waals surface area (Å²) in [4.78, 5) is 29.1. The third kappa shape index (κ3) is 4.59. The molecule has 0 spiro atoms. The van der Waals surface area contributed by atoms with Gasteiger partial charge in [0.05, 0.1) is 12.2 Å². The fourth-order valence-corrected chi connectivity index (χ4v) is 6.07. The Labute approximate surface area is 198 Å². The topological polar surface area (TPSA) is 58.6 Å². The summed E-state index contributed by atoms with van der Waals surface area (Å²) < 4.78 is 5.26. The number of carbonyl (C=O) groups excluding carboxylic acids is 2. The molecule has 5 nitrogen and oxygen atoms in total. The molecule has 0 unspecified atom stereocenters. The molecule has 1 amide bonds. The van der Waals surface area contributed by atoms with E-state index in [1.54, 1.807) is 6.92 Å². The fraction of sp³-hybridized carbons (Fsp3) is 0.333. The fourth-order valence-electron chi connectivity index (χ4n) is 4.80. The molecule has 1 aliphatic heterocycles. The molecule has 33 heavy (non-hydrogen) atoms. The molecule has 0 radical (unpaired) electrons. The Morgan fingerprint density at radius 1 is 1.03 bits per heavy atom. The highest BCUT2D eigenvalue weighted by Gasteiger charge is 2.28. The molecule has 1 N–H and O–H groups in total. The van der Waals surface area contributed by atoms with Crippen LogP contribution in [-0.4, -0.2) is 29.9 Å². The number of nitrogens with one attached hydrogen (secondary N) is 1. The third-order valence-electron chi connectivity index (χ3n) is 6.46. The lowest BCUT2D eigenvalue weighted by molar-refractivity contribution is 0.0527. The van der Waals surface area contributed by atoms with Crippen molar-refractivity contribution >= 4 is 28.2 Å². The van der Waals surface area contributed by atoms with Gasteiger partial charge in [-0.25, -0.2) is 4.79 Å². The molecule has 6 heteroatoms. The van der Waals surface area contributed by atoms with E-state index in [0.29, 0.717) is 22.7 Å². The van der Waals surface area contributed by atoms with Gasteiger partial charge in [-0.3, -0.25) is 9.69 Å². The average Bonchev–Trinajstić information content (AvgIpc) is 3.40. The van der Waals surface area contributed by atoms with Crippen LogP contribution in [0.15, 0.2) is 48.5 Å². The van der Waals surface area contributed by atoms with Crippen LogP contribution in [0.3, 0.4) is 0 Å². The van der Waals surface area contributed by atoms with Gasteiger partial charge in [-0.15, -0.1) is 11.3 Å². The van der Waals surface area contributed by atoms with Crippen LogP contribution in [0.1, 0.15) is 61.2 Å². The molecule has 0 saturated heterocycles. The molecule has 0 bridgehead atoms. The van der Waals surface area contributed by atoms with Crippen LogP contribution in [0.2, 0.25) is 0 Å². The monoisotopic (exact) mass is 460 g/mol. The molecular weight excluding hydrogens is 432 g/mol. The molecule has 0 fully saturated rings. The maximum absolute atomic E-state index is 12.9. The Balaban J connectivity index is 1.26. The van der Waals surface area contributed by atoms with Gasteiger partial charge < -0.3 is 10.1 Å². The quantitative estimate of drug-likeness (QED) is 0.512. The smallest absolute Gasteiger partial charge is 0.341 e. The summed E-state index contributed by atoms with van der Waals surface area (Å²) in [6.07, 6.45) is 3.94. The van der Waals surface area contributed by atoms with Crippen molar-refractivity contribution < 1.29 is 14.3 Å². The van der Waals surface area contributed by atoms with Gasteiger partial charge in [0.15, 0.2) is 0 Å². The Morgan fingerprint density at radius 3 is 2.61 bits per heavy atom. The number of carbonyl (C=O) groups is 2. The molecule has 1 aromatic heterocycles. The molecule has 5 rings (SSSR count). The van der Waals surface area contributed by atoms with Crippen LogP contribution in [0.5, 0.6) is 0 Å².